The Morgan fingerprint density at radius 1 is 1.41 bits per heavy atom. The van der Waals surface area contributed by atoms with Crippen molar-refractivity contribution in [3.63, 3.8) is 0 Å². The molecule has 1 aliphatic rings. The van der Waals surface area contributed by atoms with E-state index < -0.39 is 10.0 Å². The van der Waals surface area contributed by atoms with E-state index in [0.717, 1.165) is 24.2 Å². The number of piperidine rings is 1. The molecule has 1 amide bonds. The number of likely N-dealkylation sites (tertiary alicyclic amines) is 1. The molecule has 0 bridgehead atoms. The van der Waals surface area contributed by atoms with Crippen molar-refractivity contribution in [1.29, 1.82) is 0 Å². The summed E-state index contributed by atoms with van der Waals surface area (Å²) in [6.45, 7) is 1.08. The van der Waals surface area contributed by atoms with Crippen LogP contribution in [0.4, 0.5) is 0 Å². The monoisotopic (exact) mass is 387 g/mol. The summed E-state index contributed by atoms with van der Waals surface area (Å²) in [6, 6.07) is 3.38. The predicted molar refractivity (Wildman–Crippen MR) is 90.4 cm³/mol. The summed E-state index contributed by atoms with van der Waals surface area (Å²) in [6.07, 6.45) is 1.77. The molecular formula is C12H19Cl2N3O3S2. The van der Waals surface area contributed by atoms with E-state index in [9.17, 15) is 13.2 Å². The first kappa shape index (κ1) is 19.7. The fraction of sp³-hybridized carbons (Fsp3) is 0.583. The first-order valence-corrected chi connectivity index (χ1v) is 9.30. The van der Waals surface area contributed by atoms with Gasteiger partial charge in [0.1, 0.15) is 4.21 Å². The molecule has 2 heterocycles. The number of nitrogens with one attached hydrogen (secondary N) is 2. The highest BCUT2D eigenvalue weighted by molar-refractivity contribution is 7.91. The van der Waals surface area contributed by atoms with Crippen molar-refractivity contribution in [3.05, 3.63) is 16.5 Å². The maximum Gasteiger partial charge on any atom is 0.250 e. The summed E-state index contributed by atoms with van der Waals surface area (Å²) in [5, 5.41) is 3.18. The zero-order valence-electron chi connectivity index (χ0n) is 12.0. The van der Waals surface area contributed by atoms with Gasteiger partial charge in [0, 0.05) is 19.1 Å². The molecule has 2 N–H and O–H groups in total. The maximum atomic E-state index is 12.0. The highest BCUT2D eigenvalue weighted by Crippen LogP contribution is 2.25. The molecule has 0 aliphatic carbocycles. The van der Waals surface area contributed by atoms with E-state index in [1.165, 1.54) is 12.1 Å². The van der Waals surface area contributed by atoms with Crippen molar-refractivity contribution >= 4 is 51.3 Å². The summed E-state index contributed by atoms with van der Waals surface area (Å²) in [5.74, 6) is -0.198. The molecule has 0 radical (unpaired) electrons. The van der Waals surface area contributed by atoms with Crippen LogP contribution in [0.3, 0.4) is 0 Å². The average Bonchev–Trinajstić information content (AvgIpc) is 2.92. The van der Waals surface area contributed by atoms with Crippen LogP contribution in [0.15, 0.2) is 16.3 Å². The van der Waals surface area contributed by atoms with Gasteiger partial charge in [0.15, 0.2) is 0 Å². The number of nitrogens with zero attached hydrogens (tertiary/aromatic N) is 1. The number of sulfonamides is 1. The van der Waals surface area contributed by atoms with Crippen LogP contribution in [0.2, 0.25) is 4.34 Å². The molecule has 10 heteroatoms. The van der Waals surface area contributed by atoms with Crippen LogP contribution >= 0.6 is 35.3 Å². The van der Waals surface area contributed by atoms with Gasteiger partial charge >= 0.3 is 0 Å². The molecule has 6 nitrogen and oxygen atoms in total. The van der Waals surface area contributed by atoms with Gasteiger partial charge in [-0.3, -0.25) is 4.79 Å². The van der Waals surface area contributed by atoms with Crippen molar-refractivity contribution in [3.8, 4) is 0 Å². The third kappa shape index (κ3) is 5.07. The van der Waals surface area contributed by atoms with E-state index in [2.05, 4.69) is 10.0 Å². The molecule has 1 aromatic rings. The lowest BCUT2D eigenvalue weighted by atomic mass is 10.1. The van der Waals surface area contributed by atoms with Gasteiger partial charge in [0.05, 0.1) is 10.9 Å². The molecule has 0 atom stereocenters. The summed E-state index contributed by atoms with van der Waals surface area (Å²) in [4.78, 5) is 13.7. The van der Waals surface area contributed by atoms with Crippen LogP contribution in [0.25, 0.3) is 0 Å². The van der Waals surface area contributed by atoms with Crippen LogP contribution in [-0.4, -0.2) is 51.9 Å². The molecule has 1 saturated heterocycles. The fourth-order valence-electron chi connectivity index (χ4n) is 2.20. The van der Waals surface area contributed by atoms with E-state index in [0.29, 0.717) is 23.5 Å². The van der Waals surface area contributed by atoms with Crippen LogP contribution in [-0.2, 0) is 14.8 Å². The second-order valence-corrected chi connectivity index (χ2v) is 8.54. The van der Waals surface area contributed by atoms with Crippen molar-refractivity contribution < 1.29 is 13.2 Å². The summed E-state index contributed by atoms with van der Waals surface area (Å²) in [5.41, 5.74) is 0. The fourth-order valence-corrected chi connectivity index (χ4v) is 4.70. The third-order valence-corrected chi connectivity index (χ3v) is 6.61. The minimum absolute atomic E-state index is 0. The third-order valence-electron chi connectivity index (χ3n) is 3.48. The predicted octanol–water partition coefficient (Wildman–Crippen LogP) is 1.31. The van der Waals surface area contributed by atoms with Gasteiger partial charge in [0.25, 0.3) is 10.0 Å². The second kappa shape index (κ2) is 8.47. The van der Waals surface area contributed by atoms with Gasteiger partial charge < -0.3 is 10.2 Å². The second-order valence-electron chi connectivity index (χ2n) is 4.83. The Bertz CT molecular complexity index is 599. The van der Waals surface area contributed by atoms with E-state index in [1.54, 1.807) is 4.90 Å². The molecule has 1 fully saturated rings. The number of hydrogen-bond acceptors (Lipinski definition) is 5. The average molecular weight is 388 g/mol. The Kier molecular flexibility index (Phi) is 7.57. The number of halogens is 2. The van der Waals surface area contributed by atoms with Crippen molar-refractivity contribution in [2.24, 2.45) is 0 Å². The molecule has 0 spiro atoms. The Balaban J connectivity index is 0.00000242. The highest BCUT2D eigenvalue weighted by atomic mass is 35.5. The Morgan fingerprint density at radius 2 is 2.05 bits per heavy atom. The lowest BCUT2D eigenvalue weighted by Gasteiger charge is -2.31. The number of thiophene rings is 1. The van der Waals surface area contributed by atoms with Crippen LogP contribution in [0, 0.1) is 0 Å². The lowest BCUT2D eigenvalue weighted by Crippen LogP contribution is -2.47. The van der Waals surface area contributed by atoms with Gasteiger partial charge in [-0.1, -0.05) is 11.6 Å². The topological polar surface area (TPSA) is 78.5 Å². The molecule has 0 saturated carbocycles. The number of amides is 1. The Labute approximate surface area is 145 Å². The molecule has 126 valence electrons. The largest absolute Gasteiger partial charge is 0.341 e. The van der Waals surface area contributed by atoms with Crippen LogP contribution in [0.1, 0.15) is 12.8 Å². The standard InChI is InChI=1S/C12H18ClN3O3S2.ClH/c1-14-9-4-6-16(7-5-9)11(17)8-15-21(18,19)12-3-2-10(13)20-12;/h2-3,9,14-15H,4-8H2,1H3;1H. The summed E-state index contributed by atoms with van der Waals surface area (Å²) in [7, 11) is -1.76. The summed E-state index contributed by atoms with van der Waals surface area (Å²) < 4.78 is 26.8. The summed E-state index contributed by atoms with van der Waals surface area (Å²) >= 11 is 6.69. The number of hydrogen-bond donors (Lipinski definition) is 2. The molecule has 22 heavy (non-hydrogen) atoms. The zero-order chi connectivity index (χ0) is 15.5. The van der Waals surface area contributed by atoms with Crippen molar-refractivity contribution in [2.45, 2.75) is 23.1 Å². The van der Waals surface area contributed by atoms with Gasteiger partial charge in [0.2, 0.25) is 5.91 Å². The zero-order valence-corrected chi connectivity index (χ0v) is 15.2. The molecule has 2 rings (SSSR count). The molecule has 0 aromatic carbocycles. The highest BCUT2D eigenvalue weighted by Gasteiger charge is 2.24. The van der Waals surface area contributed by atoms with E-state index >= 15 is 0 Å². The first-order valence-electron chi connectivity index (χ1n) is 6.62. The van der Waals surface area contributed by atoms with Gasteiger partial charge in [-0.15, -0.1) is 23.7 Å². The van der Waals surface area contributed by atoms with E-state index in [4.69, 9.17) is 11.6 Å². The number of rotatable bonds is 5. The van der Waals surface area contributed by atoms with Crippen LogP contribution < -0.4 is 10.0 Å². The van der Waals surface area contributed by atoms with Gasteiger partial charge in [-0.25, -0.2) is 13.1 Å². The molecule has 0 unspecified atom stereocenters. The first-order chi connectivity index (χ1) is 9.92. The molecular weight excluding hydrogens is 369 g/mol. The number of carbonyl (C=O) groups is 1. The minimum Gasteiger partial charge on any atom is -0.341 e. The lowest BCUT2D eigenvalue weighted by molar-refractivity contribution is -0.131. The quantitative estimate of drug-likeness (QED) is 0.798. The van der Waals surface area contributed by atoms with Crippen LogP contribution in [0.5, 0.6) is 0 Å². The maximum absolute atomic E-state index is 12.0. The smallest absolute Gasteiger partial charge is 0.250 e. The minimum atomic E-state index is -3.66. The normalized spacial score (nSPS) is 16.4. The van der Waals surface area contributed by atoms with E-state index in [-0.39, 0.29) is 29.1 Å². The molecule has 1 aliphatic heterocycles. The van der Waals surface area contributed by atoms with Gasteiger partial charge in [-0.05, 0) is 32.0 Å². The SMILES string of the molecule is CNC1CCN(C(=O)CNS(=O)(=O)c2ccc(Cl)s2)CC1.Cl. The Hall–Kier alpha value is -0.380. The van der Waals surface area contributed by atoms with Crippen molar-refractivity contribution in [1.82, 2.24) is 14.9 Å². The molecule has 1 aromatic heterocycles. The van der Waals surface area contributed by atoms with E-state index in [1.807, 2.05) is 7.05 Å². The number of carbonyl (C=O) groups excluding carboxylic acids is 1. The van der Waals surface area contributed by atoms with Gasteiger partial charge in [-0.2, -0.15) is 0 Å². The Morgan fingerprint density at radius 3 is 2.55 bits per heavy atom. The van der Waals surface area contributed by atoms with Crippen molar-refractivity contribution in [2.75, 3.05) is 26.7 Å².